The Bertz CT molecular complexity index is 554. The molecular formula is C19H27NO4. The summed E-state index contributed by atoms with van der Waals surface area (Å²) in [7, 11) is 0. The first kappa shape index (κ1) is 16.2. The van der Waals surface area contributed by atoms with Gasteiger partial charge < -0.3 is 18.8 Å². The zero-order valence-electron chi connectivity index (χ0n) is 14.2. The Morgan fingerprint density at radius 1 is 1.33 bits per heavy atom. The summed E-state index contributed by atoms with van der Waals surface area (Å²) < 4.78 is 17.5. The van der Waals surface area contributed by atoms with Gasteiger partial charge in [-0.25, -0.2) is 0 Å². The van der Waals surface area contributed by atoms with Gasteiger partial charge in [0.15, 0.2) is 5.76 Å². The molecule has 24 heavy (non-hydrogen) atoms. The molecule has 4 rings (SSSR count). The summed E-state index contributed by atoms with van der Waals surface area (Å²) in [5.74, 6) is 1.16. The van der Waals surface area contributed by atoms with E-state index in [0.717, 1.165) is 44.9 Å². The first-order valence-corrected chi connectivity index (χ1v) is 9.29. The Balaban J connectivity index is 1.43. The monoisotopic (exact) mass is 333 g/mol. The number of carbonyl (C=O) groups is 1. The number of amides is 1. The Morgan fingerprint density at radius 2 is 2.25 bits per heavy atom. The topological polar surface area (TPSA) is 51.9 Å². The predicted molar refractivity (Wildman–Crippen MR) is 88.8 cm³/mol. The van der Waals surface area contributed by atoms with Crippen LogP contribution < -0.4 is 0 Å². The molecule has 2 saturated heterocycles. The fourth-order valence-corrected chi connectivity index (χ4v) is 4.32. The molecule has 2 atom stereocenters. The van der Waals surface area contributed by atoms with E-state index in [4.69, 9.17) is 13.9 Å². The normalized spacial score (nSPS) is 30.7. The number of nitrogens with zero attached hydrogens (tertiary/aromatic N) is 1. The molecule has 3 fully saturated rings. The average Bonchev–Trinajstić information content (AvgIpc) is 3.10. The first-order chi connectivity index (χ1) is 11.8. The maximum absolute atomic E-state index is 12.7. The van der Waals surface area contributed by atoms with E-state index in [1.54, 1.807) is 18.4 Å². The van der Waals surface area contributed by atoms with Gasteiger partial charge in [0.25, 0.3) is 5.91 Å². The molecule has 5 nitrogen and oxygen atoms in total. The minimum atomic E-state index is -0.0531. The van der Waals surface area contributed by atoms with Crippen molar-refractivity contribution in [2.75, 3.05) is 32.9 Å². The van der Waals surface area contributed by atoms with Gasteiger partial charge in [0.2, 0.25) is 0 Å². The summed E-state index contributed by atoms with van der Waals surface area (Å²) in [6, 6.07) is 3.51. The summed E-state index contributed by atoms with van der Waals surface area (Å²) >= 11 is 0. The van der Waals surface area contributed by atoms with Crippen molar-refractivity contribution in [2.45, 2.75) is 44.6 Å². The number of likely N-dealkylation sites (tertiary alicyclic amines) is 1. The van der Waals surface area contributed by atoms with Crippen molar-refractivity contribution in [3.8, 4) is 0 Å². The molecule has 132 valence electrons. The Labute approximate surface area is 143 Å². The molecule has 0 bridgehead atoms. The maximum atomic E-state index is 12.7. The van der Waals surface area contributed by atoms with E-state index in [1.165, 1.54) is 19.3 Å². The van der Waals surface area contributed by atoms with Crippen LogP contribution >= 0.6 is 0 Å². The number of rotatable bonds is 5. The molecule has 0 unspecified atom stereocenters. The third kappa shape index (κ3) is 3.11. The molecule has 0 radical (unpaired) electrons. The van der Waals surface area contributed by atoms with Crippen LogP contribution in [0.5, 0.6) is 0 Å². The number of piperidine rings is 1. The van der Waals surface area contributed by atoms with Crippen LogP contribution in [0, 0.1) is 11.3 Å². The van der Waals surface area contributed by atoms with Crippen molar-refractivity contribution >= 4 is 5.91 Å². The van der Waals surface area contributed by atoms with Gasteiger partial charge in [-0.15, -0.1) is 0 Å². The lowest BCUT2D eigenvalue weighted by atomic mass is 9.73. The highest BCUT2D eigenvalue weighted by Crippen LogP contribution is 2.41. The highest BCUT2D eigenvalue weighted by atomic mass is 16.5. The number of ether oxygens (including phenoxy) is 2. The molecule has 0 spiro atoms. The van der Waals surface area contributed by atoms with Gasteiger partial charge in [0.05, 0.1) is 19.0 Å². The summed E-state index contributed by atoms with van der Waals surface area (Å²) in [5.41, 5.74) is -0.0531. The highest BCUT2D eigenvalue weighted by Gasteiger charge is 2.47. The van der Waals surface area contributed by atoms with E-state index in [9.17, 15) is 4.79 Å². The number of hydrogen-bond acceptors (Lipinski definition) is 4. The Kier molecular flexibility index (Phi) is 4.63. The molecule has 5 heteroatoms. The molecule has 2 aliphatic heterocycles. The fourth-order valence-electron chi connectivity index (χ4n) is 4.32. The lowest BCUT2D eigenvalue weighted by molar-refractivity contribution is -0.150. The summed E-state index contributed by atoms with van der Waals surface area (Å²) in [6.45, 7) is 3.84. The first-order valence-electron chi connectivity index (χ1n) is 9.29. The van der Waals surface area contributed by atoms with Gasteiger partial charge in [-0.05, 0) is 50.2 Å². The standard InChI is InChI=1S/C19H27NO4/c21-18(16-6-2-10-23-16)20-9-7-17-19(13-20,8-3-11-24-17)14-22-12-15-4-1-5-15/h2,6,10,15,17H,1,3-5,7-9,11-14H2/t17-,19+/m1/s1. The second-order valence-corrected chi connectivity index (χ2v) is 7.63. The van der Waals surface area contributed by atoms with Crippen LogP contribution in [0.2, 0.25) is 0 Å². The smallest absolute Gasteiger partial charge is 0.289 e. The van der Waals surface area contributed by atoms with E-state index in [1.807, 2.05) is 4.90 Å². The van der Waals surface area contributed by atoms with Crippen molar-refractivity contribution in [1.29, 1.82) is 0 Å². The molecule has 1 aliphatic carbocycles. The van der Waals surface area contributed by atoms with Crippen LogP contribution in [0.1, 0.15) is 49.1 Å². The largest absolute Gasteiger partial charge is 0.459 e. The van der Waals surface area contributed by atoms with Crippen LogP contribution in [-0.2, 0) is 9.47 Å². The van der Waals surface area contributed by atoms with E-state index >= 15 is 0 Å². The number of furan rings is 1. The van der Waals surface area contributed by atoms with Gasteiger partial charge in [0, 0.05) is 31.7 Å². The third-order valence-corrected chi connectivity index (χ3v) is 5.98. The zero-order valence-corrected chi connectivity index (χ0v) is 14.2. The number of hydrogen-bond donors (Lipinski definition) is 0. The van der Waals surface area contributed by atoms with E-state index in [-0.39, 0.29) is 17.4 Å². The van der Waals surface area contributed by atoms with E-state index in [0.29, 0.717) is 18.9 Å². The maximum Gasteiger partial charge on any atom is 0.289 e. The van der Waals surface area contributed by atoms with Crippen molar-refractivity contribution < 1.29 is 18.7 Å². The number of fused-ring (bicyclic) bond motifs is 1. The van der Waals surface area contributed by atoms with Crippen molar-refractivity contribution in [2.24, 2.45) is 11.3 Å². The summed E-state index contributed by atoms with van der Waals surface area (Å²) in [6.07, 6.45) is 8.73. The molecule has 1 saturated carbocycles. The Morgan fingerprint density at radius 3 is 3.00 bits per heavy atom. The van der Waals surface area contributed by atoms with Gasteiger partial charge in [-0.2, -0.15) is 0 Å². The average molecular weight is 333 g/mol. The molecule has 1 amide bonds. The molecular weight excluding hydrogens is 306 g/mol. The quantitative estimate of drug-likeness (QED) is 0.831. The van der Waals surface area contributed by atoms with Gasteiger partial charge >= 0.3 is 0 Å². The van der Waals surface area contributed by atoms with E-state index in [2.05, 4.69) is 0 Å². The summed E-state index contributed by atoms with van der Waals surface area (Å²) in [5, 5.41) is 0. The second kappa shape index (κ2) is 6.89. The van der Waals surface area contributed by atoms with Crippen molar-refractivity contribution in [3.05, 3.63) is 24.2 Å². The number of carbonyl (C=O) groups excluding carboxylic acids is 1. The molecule has 1 aromatic heterocycles. The molecule has 1 aromatic rings. The van der Waals surface area contributed by atoms with Crippen molar-refractivity contribution in [3.63, 3.8) is 0 Å². The van der Waals surface area contributed by atoms with Gasteiger partial charge in [0.1, 0.15) is 0 Å². The Hall–Kier alpha value is -1.33. The van der Waals surface area contributed by atoms with Crippen LogP contribution in [0.4, 0.5) is 0 Å². The van der Waals surface area contributed by atoms with Gasteiger partial charge in [-0.1, -0.05) is 6.42 Å². The zero-order chi connectivity index (χ0) is 16.4. The molecule has 3 heterocycles. The highest BCUT2D eigenvalue weighted by molar-refractivity contribution is 5.91. The predicted octanol–water partition coefficient (Wildman–Crippen LogP) is 3.11. The van der Waals surface area contributed by atoms with Crippen LogP contribution in [0.15, 0.2) is 22.8 Å². The third-order valence-electron chi connectivity index (χ3n) is 5.98. The van der Waals surface area contributed by atoms with Crippen LogP contribution in [-0.4, -0.2) is 49.8 Å². The minimum Gasteiger partial charge on any atom is -0.459 e. The molecule has 0 N–H and O–H groups in total. The van der Waals surface area contributed by atoms with Crippen LogP contribution in [0.3, 0.4) is 0 Å². The molecule has 0 aromatic carbocycles. The SMILES string of the molecule is O=C(c1ccco1)N1CC[C@H]2OCCC[C@@]2(COCC2CCC2)C1. The van der Waals surface area contributed by atoms with Crippen LogP contribution in [0.25, 0.3) is 0 Å². The van der Waals surface area contributed by atoms with E-state index < -0.39 is 0 Å². The minimum absolute atomic E-state index is 0.0117. The fraction of sp³-hybridized carbons (Fsp3) is 0.737. The lowest BCUT2D eigenvalue weighted by Gasteiger charge is -2.50. The lowest BCUT2D eigenvalue weighted by Crippen LogP contribution is -2.58. The summed E-state index contributed by atoms with van der Waals surface area (Å²) in [4.78, 5) is 14.6. The van der Waals surface area contributed by atoms with Gasteiger partial charge in [-0.3, -0.25) is 4.79 Å². The van der Waals surface area contributed by atoms with Crippen molar-refractivity contribution in [1.82, 2.24) is 4.90 Å². The molecule has 3 aliphatic rings. The second-order valence-electron chi connectivity index (χ2n) is 7.63.